The topological polar surface area (TPSA) is 79.1 Å². The van der Waals surface area contributed by atoms with Crippen LogP contribution in [-0.2, 0) is 11.3 Å². The van der Waals surface area contributed by atoms with Crippen LogP contribution >= 0.6 is 11.3 Å². The van der Waals surface area contributed by atoms with Crippen LogP contribution in [0.25, 0.3) is 4.96 Å². The third-order valence-electron chi connectivity index (χ3n) is 3.68. The minimum Gasteiger partial charge on any atom is -0.493 e. The largest absolute Gasteiger partial charge is 0.493 e. The van der Waals surface area contributed by atoms with E-state index in [1.807, 2.05) is 19.2 Å². The molecule has 0 radical (unpaired) electrons. The first-order valence-electron chi connectivity index (χ1n) is 7.98. The SMILES string of the molecule is CCOc1ccc(C(=O)OCc2cc(=O)n3c(C)csc3n2)cc1OC. The lowest BCUT2D eigenvalue weighted by molar-refractivity contribution is 0.0467. The number of aromatic nitrogens is 2. The van der Waals surface area contributed by atoms with Gasteiger partial charge in [0.15, 0.2) is 16.5 Å². The first kappa shape index (κ1) is 17.9. The molecular weight excluding hydrogens is 356 g/mol. The van der Waals surface area contributed by atoms with Crippen LogP contribution in [0.15, 0.2) is 34.4 Å². The maximum atomic E-state index is 12.3. The monoisotopic (exact) mass is 374 g/mol. The predicted molar refractivity (Wildman–Crippen MR) is 97.4 cm³/mol. The van der Waals surface area contributed by atoms with Gasteiger partial charge in [0.2, 0.25) is 0 Å². The maximum Gasteiger partial charge on any atom is 0.338 e. The summed E-state index contributed by atoms with van der Waals surface area (Å²) >= 11 is 1.36. The molecule has 0 aliphatic carbocycles. The smallest absolute Gasteiger partial charge is 0.338 e. The molecule has 136 valence electrons. The zero-order valence-electron chi connectivity index (χ0n) is 14.6. The molecule has 3 rings (SSSR count). The summed E-state index contributed by atoms with van der Waals surface area (Å²) in [6.07, 6.45) is 0. The molecule has 0 bridgehead atoms. The predicted octanol–water partition coefficient (Wildman–Crippen LogP) is 2.83. The van der Waals surface area contributed by atoms with Crippen molar-refractivity contribution in [2.24, 2.45) is 0 Å². The standard InChI is InChI=1S/C18H18N2O5S/c1-4-24-14-6-5-12(7-15(14)23-3)17(22)25-9-13-8-16(21)20-11(2)10-26-18(20)19-13/h5-8,10H,4,9H2,1-3H3. The van der Waals surface area contributed by atoms with Crippen molar-refractivity contribution in [3.8, 4) is 11.5 Å². The second-order valence-electron chi connectivity index (χ2n) is 5.46. The number of hydrogen-bond donors (Lipinski definition) is 0. The van der Waals surface area contributed by atoms with Crippen molar-refractivity contribution in [1.29, 1.82) is 0 Å². The van der Waals surface area contributed by atoms with Crippen LogP contribution in [0, 0.1) is 6.92 Å². The van der Waals surface area contributed by atoms with Crippen molar-refractivity contribution in [1.82, 2.24) is 9.38 Å². The van der Waals surface area contributed by atoms with Crippen LogP contribution in [0.5, 0.6) is 11.5 Å². The summed E-state index contributed by atoms with van der Waals surface area (Å²) in [4.78, 5) is 29.3. The highest BCUT2D eigenvalue weighted by Crippen LogP contribution is 2.28. The number of benzene rings is 1. The van der Waals surface area contributed by atoms with Crippen LogP contribution in [0.1, 0.15) is 28.7 Å². The fourth-order valence-corrected chi connectivity index (χ4v) is 3.36. The fraction of sp³-hybridized carbons (Fsp3) is 0.278. The fourth-order valence-electron chi connectivity index (χ4n) is 2.47. The van der Waals surface area contributed by atoms with Crippen LogP contribution < -0.4 is 15.0 Å². The molecule has 0 saturated carbocycles. The second-order valence-corrected chi connectivity index (χ2v) is 6.29. The lowest BCUT2D eigenvalue weighted by Gasteiger charge is -2.11. The Morgan fingerprint density at radius 1 is 1.27 bits per heavy atom. The maximum absolute atomic E-state index is 12.3. The van der Waals surface area contributed by atoms with E-state index >= 15 is 0 Å². The molecule has 0 fully saturated rings. The van der Waals surface area contributed by atoms with Crippen molar-refractivity contribution in [2.45, 2.75) is 20.5 Å². The minimum absolute atomic E-state index is 0.0863. The van der Waals surface area contributed by atoms with Crippen LogP contribution in [0.2, 0.25) is 0 Å². The van der Waals surface area contributed by atoms with E-state index < -0.39 is 5.97 Å². The van der Waals surface area contributed by atoms with E-state index in [2.05, 4.69) is 4.98 Å². The molecule has 7 nitrogen and oxygen atoms in total. The molecule has 2 aromatic heterocycles. The van der Waals surface area contributed by atoms with Gasteiger partial charge in [-0.05, 0) is 32.0 Å². The Morgan fingerprint density at radius 2 is 2.08 bits per heavy atom. The van der Waals surface area contributed by atoms with Crippen LogP contribution in [0.4, 0.5) is 0 Å². The van der Waals surface area contributed by atoms with Crippen molar-refractivity contribution < 1.29 is 19.0 Å². The number of hydrogen-bond acceptors (Lipinski definition) is 7. The van der Waals surface area contributed by atoms with Gasteiger partial charge >= 0.3 is 5.97 Å². The average molecular weight is 374 g/mol. The summed E-state index contributed by atoms with van der Waals surface area (Å²) in [5, 5.41) is 1.85. The number of ether oxygens (including phenoxy) is 3. The zero-order valence-corrected chi connectivity index (χ0v) is 15.5. The molecule has 0 N–H and O–H groups in total. The van der Waals surface area contributed by atoms with Crippen molar-refractivity contribution in [3.63, 3.8) is 0 Å². The zero-order chi connectivity index (χ0) is 18.7. The quantitative estimate of drug-likeness (QED) is 0.618. The number of thiazole rings is 1. The van der Waals surface area contributed by atoms with Gasteiger partial charge in [-0.15, -0.1) is 11.3 Å². The molecule has 3 aromatic rings. The van der Waals surface area contributed by atoms with Gasteiger partial charge in [0.1, 0.15) is 6.61 Å². The van der Waals surface area contributed by atoms with Crippen molar-refractivity contribution in [2.75, 3.05) is 13.7 Å². The van der Waals surface area contributed by atoms with Gasteiger partial charge < -0.3 is 14.2 Å². The number of rotatable bonds is 6. The summed E-state index contributed by atoms with van der Waals surface area (Å²) in [5.74, 6) is 0.476. The van der Waals surface area contributed by atoms with Crippen LogP contribution in [0.3, 0.4) is 0 Å². The van der Waals surface area contributed by atoms with Crippen molar-refractivity contribution >= 4 is 22.3 Å². The number of carbonyl (C=O) groups is 1. The van der Waals surface area contributed by atoms with Gasteiger partial charge in [0.25, 0.3) is 5.56 Å². The van der Waals surface area contributed by atoms with Crippen LogP contribution in [-0.4, -0.2) is 29.1 Å². The Kier molecular flexibility index (Phi) is 5.22. The van der Waals surface area contributed by atoms with Gasteiger partial charge in [0, 0.05) is 17.1 Å². The molecular formula is C18H18N2O5S. The number of esters is 1. The lowest BCUT2D eigenvalue weighted by atomic mass is 10.2. The van der Waals surface area contributed by atoms with E-state index in [0.717, 1.165) is 5.69 Å². The number of methoxy groups -OCH3 is 1. The number of carbonyl (C=O) groups excluding carboxylic acids is 1. The van der Waals surface area contributed by atoms with E-state index in [9.17, 15) is 9.59 Å². The normalized spacial score (nSPS) is 10.7. The number of aryl methyl sites for hydroxylation is 1. The summed E-state index contributed by atoms with van der Waals surface area (Å²) in [5.41, 5.74) is 1.37. The average Bonchev–Trinajstić information content (AvgIpc) is 3.01. The Bertz CT molecular complexity index is 1010. The van der Waals surface area contributed by atoms with E-state index in [1.165, 1.54) is 28.9 Å². The lowest BCUT2D eigenvalue weighted by Crippen LogP contribution is -2.16. The summed E-state index contributed by atoms with van der Waals surface area (Å²) in [7, 11) is 1.50. The third kappa shape index (κ3) is 3.55. The van der Waals surface area contributed by atoms with Gasteiger partial charge in [-0.3, -0.25) is 9.20 Å². The highest BCUT2D eigenvalue weighted by atomic mass is 32.1. The Labute approximate surface area is 153 Å². The van der Waals surface area contributed by atoms with E-state index in [-0.39, 0.29) is 12.2 Å². The molecule has 0 aliphatic heterocycles. The highest BCUT2D eigenvalue weighted by molar-refractivity contribution is 7.15. The van der Waals surface area contributed by atoms with E-state index in [1.54, 1.807) is 18.2 Å². The van der Waals surface area contributed by atoms with Gasteiger partial charge in [-0.2, -0.15) is 0 Å². The molecule has 0 amide bonds. The van der Waals surface area contributed by atoms with Gasteiger partial charge in [0.05, 0.1) is 25.0 Å². The third-order valence-corrected chi connectivity index (χ3v) is 4.62. The van der Waals surface area contributed by atoms with Crippen molar-refractivity contribution in [3.05, 3.63) is 57.0 Å². The molecule has 8 heteroatoms. The molecule has 2 heterocycles. The van der Waals surface area contributed by atoms with E-state index in [0.29, 0.717) is 34.3 Å². The summed E-state index contributed by atoms with van der Waals surface area (Å²) in [6, 6.07) is 6.19. The molecule has 0 saturated heterocycles. The molecule has 0 unspecified atom stereocenters. The minimum atomic E-state index is -0.532. The Balaban J connectivity index is 1.75. The molecule has 0 atom stereocenters. The second kappa shape index (κ2) is 7.57. The molecule has 26 heavy (non-hydrogen) atoms. The molecule has 1 aromatic carbocycles. The highest BCUT2D eigenvalue weighted by Gasteiger charge is 2.14. The number of nitrogens with zero attached hydrogens (tertiary/aromatic N) is 2. The summed E-state index contributed by atoms with van der Waals surface area (Å²) in [6.45, 7) is 4.11. The Hall–Kier alpha value is -2.87. The van der Waals surface area contributed by atoms with Gasteiger partial charge in [-0.25, -0.2) is 9.78 Å². The number of fused-ring (bicyclic) bond motifs is 1. The van der Waals surface area contributed by atoms with E-state index in [4.69, 9.17) is 14.2 Å². The Morgan fingerprint density at radius 3 is 2.81 bits per heavy atom. The summed E-state index contributed by atoms with van der Waals surface area (Å²) < 4.78 is 17.5. The first-order valence-corrected chi connectivity index (χ1v) is 8.86. The first-order chi connectivity index (χ1) is 12.5. The molecule has 0 spiro atoms. The molecule has 0 aliphatic rings. The van der Waals surface area contributed by atoms with Gasteiger partial charge in [-0.1, -0.05) is 0 Å².